The minimum Gasteiger partial charge on any atom is -0.378 e. The molecular formula is C42H60N5O2S2+. The summed E-state index contributed by atoms with van der Waals surface area (Å²) in [5.74, 6) is 1.08. The van der Waals surface area contributed by atoms with Crippen LogP contribution in [-0.2, 0) is 16.4 Å². The summed E-state index contributed by atoms with van der Waals surface area (Å²) >= 11 is 5.81. The second kappa shape index (κ2) is 16.4. The zero-order valence-electron chi connectivity index (χ0n) is 31.3. The van der Waals surface area contributed by atoms with E-state index in [0.29, 0.717) is 10.0 Å². The Hall–Kier alpha value is -2.98. The highest BCUT2D eigenvalue weighted by molar-refractivity contribution is 7.91. The van der Waals surface area contributed by atoms with E-state index in [1.165, 1.54) is 48.9 Å². The van der Waals surface area contributed by atoms with Gasteiger partial charge >= 0.3 is 0 Å². The Morgan fingerprint density at radius 2 is 1.51 bits per heavy atom. The average molecular weight is 731 g/mol. The molecule has 4 heterocycles. The lowest BCUT2D eigenvalue weighted by molar-refractivity contribution is -0.955. The molecule has 2 bridgehead atoms. The monoisotopic (exact) mass is 730 g/mol. The quantitative estimate of drug-likeness (QED) is 0.0869. The topological polar surface area (TPSA) is 73.5 Å². The number of sulfone groups is 1. The van der Waals surface area contributed by atoms with Crippen molar-refractivity contribution in [3.8, 4) is 0 Å². The van der Waals surface area contributed by atoms with Crippen LogP contribution in [-0.4, -0.2) is 63.0 Å². The van der Waals surface area contributed by atoms with Crippen LogP contribution in [0.4, 0.5) is 17.1 Å². The van der Waals surface area contributed by atoms with Crippen LogP contribution in [0.3, 0.4) is 0 Å². The molecule has 7 nitrogen and oxygen atoms in total. The number of hydrogen-bond acceptors (Lipinski definition) is 5. The Kier molecular flexibility index (Phi) is 12.1. The molecule has 0 aliphatic carbocycles. The summed E-state index contributed by atoms with van der Waals surface area (Å²) in [6, 6.07) is 22.6. The highest BCUT2D eigenvalue weighted by Crippen LogP contribution is 2.41. The third-order valence-electron chi connectivity index (χ3n) is 11.8. The van der Waals surface area contributed by atoms with Crippen LogP contribution in [0, 0.1) is 5.92 Å². The molecule has 4 aliphatic heterocycles. The van der Waals surface area contributed by atoms with E-state index in [4.69, 9.17) is 12.2 Å². The normalized spacial score (nSPS) is 23.2. The second-order valence-corrected chi connectivity index (χ2v) is 18.3. The number of nitrogens with zero attached hydrogens (tertiary/aromatic N) is 2. The number of piperidine rings is 3. The van der Waals surface area contributed by atoms with Crippen LogP contribution in [0.25, 0.3) is 0 Å². The molecule has 9 heteroatoms. The van der Waals surface area contributed by atoms with Crippen molar-refractivity contribution >= 4 is 44.2 Å². The van der Waals surface area contributed by atoms with Gasteiger partial charge in [0.2, 0.25) is 0 Å². The first-order valence-electron chi connectivity index (χ1n) is 19.5. The fraction of sp³-hybridized carbons (Fsp3) is 0.548. The van der Waals surface area contributed by atoms with E-state index >= 15 is 0 Å². The molecule has 276 valence electrons. The predicted octanol–water partition coefficient (Wildman–Crippen LogP) is 9.06. The number of fused-ring (bicyclic) bond motifs is 4. The number of unbranched alkanes of at least 4 members (excludes halogenated alkanes) is 4. The number of nitrogens with one attached hydrogen (secondary N) is 3. The van der Waals surface area contributed by atoms with Crippen LogP contribution in [0.2, 0.25) is 0 Å². The first-order chi connectivity index (χ1) is 24.5. The fourth-order valence-corrected chi connectivity index (χ4v) is 11.1. The first kappa shape index (κ1) is 37.8. The van der Waals surface area contributed by atoms with E-state index in [1.54, 1.807) is 0 Å². The van der Waals surface area contributed by atoms with E-state index < -0.39 is 15.4 Å². The van der Waals surface area contributed by atoms with Crippen LogP contribution in [0.1, 0.15) is 107 Å². The van der Waals surface area contributed by atoms with Crippen molar-refractivity contribution in [2.24, 2.45) is 5.92 Å². The van der Waals surface area contributed by atoms with Crippen LogP contribution in [0.15, 0.2) is 71.6 Å². The van der Waals surface area contributed by atoms with Crippen molar-refractivity contribution in [2.75, 3.05) is 55.0 Å². The van der Waals surface area contributed by atoms with E-state index in [-0.39, 0.29) is 11.8 Å². The number of anilines is 3. The molecular weight excluding hydrogens is 671 g/mol. The Morgan fingerprint density at radius 3 is 2.14 bits per heavy atom. The minimum absolute atomic E-state index is 0.115. The van der Waals surface area contributed by atoms with Crippen molar-refractivity contribution in [3.05, 3.63) is 83.4 Å². The van der Waals surface area contributed by atoms with Gasteiger partial charge in [0, 0.05) is 42.3 Å². The summed E-state index contributed by atoms with van der Waals surface area (Å²) in [7, 11) is 0.450. The molecule has 3 aromatic rings. The minimum atomic E-state index is -3.55. The summed E-state index contributed by atoms with van der Waals surface area (Å²) in [5, 5.41) is 11.4. The van der Waals surface area contributed by atoms with Gasteiger partial charge in [-0.15, -0.1) is 0 Å². The Balaban J connectivity index is 1.24. The molecule has 0 spiro atoms. The summed E-state index contributed by atoms with van der Waals surface area (Å²) in [5.41, 5.74) is 5.52. The van der Waals surface area contributed by atoms with Crippen molar-refractivity contribution in [3.63, 3.8) is 0 Å². The van der Waals surface area contributed by atoms with Crippen molar-refractivity contribution in [1.82, 2.24) is 5.32 Å². The number of rotatable bonds is 14. The lowest BCUT2D eigenvalue weighted by atomic mass is 9.85. The molecule has 0 aromatic heterocycles. The van der Waals surface area contributed by atoms with Gasteiger partial charge in [-0.1, -0.05) is 76.6 Å². The van der Waals surface area contributed by atoms with Crippen molar-refractivity contribution in [1.29, 1.82) is 0 Å². The molecule has 4 aliphatic rings. The largest absolute Gasteiger partial charge is 0.378 e. The van der Waals surface area contributed by atoms with Gasteiger partial charge in [-0.3, -0.25) is 5.32 Å². The number of thiocarbonyl (C=S) groups is 1. The van der Waals surface area contributed by atoms with Crippen LogP contribution < -0.4 is 20.9 Å². The highest BCUT2D eigenvalue weighted by Gasteiger charge is 2.43. The summed E-state index contributed by atoms with van der Waals surface area (Å²) in [6.07, 6.45) is 12.2. The molecule has 3 fully saturated rings. The van der Waals surface area contributed by atoms with Gasteiger partial charge in [0.15, 0.2) is 14.9 Å². The van der Waals surface area contributed by atoms with Gasteiger partial charge < -0.3 is 20.0 Å². The highest BCUT2D eigenvalue weighted by atomic mass is 32.2. The molecule has 51 heavy (non-hydrogen) atoms. The van der Waals surface area contributed by atoms with Gasteiger partial charge in [0.1, 0.15) is 6.54 Å². The Labute approximate surface area is 313 Å². The molecule has 3 N–H and O–H groups in total. The Bertz CT molecular complexity index is 1730. The maximum absolute atomic E-state index is 14.3. The molecule has 0 amide bonds. The van der Waals surface area contributed by atoms with E-state index in [1.807, 2.05) is 43.3 Å². The standard InChI is InChI=1S/C42H59N5O2S2/c1-5-7-9-23-42(24-10-8-6-2)31-51(48,49)39-19-18-37(46(3)4)29-38(39)40(45-42)34-12-11-13-36(28-34)44-41(50)43-35-16-14-33(15-17-35)30-47-25-20-32(21-26-47)22-27-47/h11-19,28-29,32,40,45H,5-10,20-27,30-31H2,1-4H3,(H-,43,44,50)/p+1. The van der Waals surface area contributed by atoms with Gasteiger partial charge in [-0.25, -0.2) is 8.42 Å². The zero-order valence-corrected chi connectivity index (χ0v) is 33.0. The van der Waals surface area contributed by atoms with Gasteiger partial charge in [0.05, 0.1) is 36.3 Å². The van der Waals surface area contributed by atoms with Gasteiger partial charge in [-0.05, 0) is 104 Å². The number of quaternary nitrogens is 1. The lowest BCUT2D eigenvalue weighted by Crippen LogP contribution is -2.57. The molecule has 7 rings (SSSR count). The number of hydrogen-bond donors (Lipinski definition) is 3. The maximum Gasteiger partial charge on any atom is 0.180 e. The average Bonchev–Trinajstić information content (AvgIpc) is 3.21. The third kappa shape index (κ3) is 9.16. The van der Waals surface area contributed by atoms with E-state index in [2.05, 4.69) is 72.3 Å². The smallest absolute Gasteiger partial charge is 0.180 e. The summed E-state index contributed by atoms with van der Waals surface area (Å²) in [4.78, 5) is 2.48. The van der Waals surface area contributed by atoms with E-state index in [0.717, 1.165) is 92.0 Å². The maximum atomic E-state index is 14.3. The van der Waals surface area contributed by atoms with Crippen molar-refractivity contribution < 1.29 is 12.9 Å². The molecule has 3 saturated heterocycles. The zero-order chi connectivity index (χ0) is 36.1. The van der Waals surface area contributed by atoms with Crippen LogP contribution in [0.5, 0.6) is 0 Å². The van der Waals surface area contributed by atoms with Gasteiger partial charge in [0.25, 0.3) is 0 Å². The number of benzene rings is 3. The molecule has 0 saturated carbocycles. The van der Waals surface area contributed by atoms with Crippen LogP contribution >= 0.6 is 12.2 Å². The van der Waals surface area contributed by atoms with E-state index in [9.17, 15) is 8.42 Å². The third-order valence-corrected chi connectivity index (χ3v) is 14.0. The lowest BCUT2D eigenvalue weighted by Gasteiger charge is -2.49. The van der Waals surface area contributed by atoms with Crippen molar-refractivity contribution in [2.45, 2.75) is 107 Å². The Morgan fingerprint density at radius 1 is 0.863 bits per heavy atom. The fourth-order valence-electron chi connectivity index (χ4n) is 8.84. The van der Waals surface area contributed by atoms with Gasteiger partial charge in [-0.2, -0.15) is 0 Å². The molecule has 1 atom stereocenters. The molecule has 1 unspecified atom stereocenters. The summed E-state index contributed by atoms with van der Waals surface area (Å²) < 4.78 is 29.8. The molecule has 0 radical (unpaired) electrons. The first-order valence-corrected chi connectivity index (χ1v) is 21.5. The second-order valence-electron chi connectivity index (χ2n) is 16.0. The summed E-state index contributed by atoms with van der Waals surface area (Å²) in [6.45, 7) is 9.50. The molecule has 3 aromatic carbocycles. The predicted molar refractivity (Wildman–Crippen MR) is 217 cm³/mol. The SMILES string of the molecule is CCCCCC1(CCCCC)CS(=O)(=O)c2ccc(N(C)C)cc2C(c2cccc(NC(=S)Nc3ccc(C[N+]45CCC(CC4)CC5)cc3)c2)N1.